The molecule has 0 amide bonds. The van der Waals surface area contributed by atoms with Crippen molar-refractivity contribution in [3.05, 3.63) is 57.9 Å². The lowest BCUT2D eigenvalue weighted by Crippen LogP contribution is -2.31. The largest absolute Gasteiger partial charge is 0.484 e. The maximum atomic E-state index is 6.18. The molecule has 100 valence electrons. The first-order valence-corrected chi connectivity index (χ1v) is 7.36. The van der Waals surface area contributed by atoms with Crippen molar-refractivity contribution in [2.45, 2.75) is 25.5 Å². The molecule has 1 heterocycles. The number of pyridine rings is 1. The summed E-state index contributed by atoms with van der Waals surface area (Å²) in [6.45, 7) is 2.06. The molecule has 2 atom stereocenters. The molecule has 2 aromatic rings. The molecule has 1 aromatic heterocycles. The number of nitrogens with two attached hydrogens (primary N) is 1. The van der Waals surface area contributed by atoms with Crippen LogP contribution in [-0.2, 0) is 0 Å². The van der Waals surface area contributed by atoms with Crippen LogP contribution in [0.1, 0.15) is 25.0 Å². The molecule has 0 bridgehead atoms. The lowest BCUT2D eigenvalue weighted by Gasteiger charge is -2.24. The molecule has 0 aliphatic carbocycles. The highest BCUT2D eigenvalue weighted by Gasteiger charge is 2.20. The zero-order chi connectivity index (χ0) is 13.7. The lowest BCUT2D eigenvalue weighted by molar-refractivity contribution is 0.170. The van der Waals surface area contributed by atoms with Crippen molar-refractivity contribution in [1.29, 1.82) is 0 Å². The smallest absolute Gasteiger partial charge is 0.140 e. The van der Waals surface area contributed by atoms with E-state index in [1.54, 1.807) is 6.20 Å². The van der Waals surface area contributed by atoms with Gasteiger partial charge in [-0.1, -0.05) is 19.1 Å². The molecule has 0 aliphatic rings. The quantitative estimate of drug-likeness (QED) is 0.822. The average molecular weight is 368 g/mol. The summed E-state index contributed by atoms with van der Waals surface area (Å²) >= 11 is 2.27. The van der Waals surface area contributed by atoms with E-state index < -0.39 is 0 Å². The first kappa shape index (κ1) is 14.3. The van der Waals surface area contributed by atoms with Gasteiger partial charge >= 0.3 is 0 Å². The molecule has 19 heavy (non-hydrogen) atoms. The Bertz CT molecular complexity index is 519. The molecule has 2 N–H and O–H groups in total. The van der Waals surface area contributed by atoms with Crippen molar-refractivity contribution < 1.29 is 4.74 Å². The van der Waals surface area contributed by atoms with Gasteiger partial charge in [0.05, 0.1) is 0 Å². The summed E-state index contributed by atoms with van der Waals surface area (Å²) in [6.07, 6.45) is 4.25. The van der Waals surface area contributed by atoms with Crippen LogP contribution in [0.25, 0.3) is 0 Å². The van der Waals surface area contributed by atoms with Crippen LogP contribution in [0.5, 0.6) is 5.75 Å². The molecule has 3 nitrogen and oxygen atoms in total. The molecule has 0 radical (unpaired) electrons. The monoisotopic (exact) mass is 368 g/mol. The van der Waals surface area contributed by atoms with Crippen LogP contribution in [0.2, 0.25) is 0 Å². The van der Waals surface area contributed by atoms with Crippen LogP contribution in [0.4, 0.5) is 0 Å². The Balaban J connectivity index is 2.24. The van der Waals surface area contributed by atoms with Crippen molar-refractivity contribution >= 4 is 22.6 Å². The van der Waals surface area contributed by atoms with E-state index in [1.165, 1.54) is 0 Å². The SMILES string of the molecule is CCC(N)C(Oc1cccc(I)c1)c1cccnc1. The number of benzene rings is 1. The zero-order valence-corrected chi connectivity index (χ0v) is 12.9. The lowest BCUT2D eigenvalue weighted by atomic mass is 10.0. The zero-order valence-electron chi connectivity index (χ0n) is 10.8. The molecule has 2 rings (SSSR count). The Labute approximate surface area is 127 Å². The van der Waals surface area contributed by atoms with Crippen LogP contribution in [0.3, 0.4) is 0 Å². The normalized spacial score (nSPS) is 13.8. The minimum atomic E-state index is -0.170. The summed E-state index contributed by atoms with van der Waals surface area (Å²) in [7, 11) is 0. The van der Waals surface area contributed by atoms with Crippen LogP contribution >= 0.6 is 22.6 Å². The van der Waals surface area contributed by atoms with Gasteiger partial charge < -0.3 is 10.5 Å². The third kappa shape index (κ3) is 3.91. The second kappa shape index (κ2) is 6.86. The molecule has 1 aromatic carbocycles. The average Bonchev–Trinajstić information content (AvgIpc) is 2.45. The van der Waals surface area contributed by atoms with E-state index >= 15 is 0 Å². The summed E-state index contributed by atoms with van der Waals surface area (Å²) in [5.41, 5.74) is 7.19. The molecule has 2 unspecified atom stereocenters. The summed E-state index contributed by atoms with van der Waals surface area (Å²) in [4.78, 5) is 4.14. The topological polar surface area (TPSA) is 48.1 Å². The number of aromatic nitrogens is 1. The van der Waals surface area contributed by atoms with E-state index in [0.29, 0.717) is 0 Å². The van der Waals surface area contributed by atoms with Gasteiger partial charge in [-0.2, -0.15) is 0 Å². The predicted octanol–water partition coefficient (Wildman–Crippen LogP) is 3.54. The molecule has 0 saturated carbocycles. The molecular formula is C15H17IN2O. The van der Waals surface area contributed by atoms with E-state index in [0.717, 1.165) is 21.3 Å². The molecule has 0 aliphatic heterocycles. The third-order valence-corrected chi connectivity index (χ3v) is 3.60. The third-order valence-electron chi connectivity index (χ3n) is 2.93. The van der Waals surface area contributed by atoms with Gasteiger partial charge in [0.1, 0.15) is 11.9 Å². The van der Waals surface area contributed by atoms with Crippen LogP contribution < -0.4 is 10.5 Å². The molecule has 0 saturated heterocycles. The van der Waals surface area contributed by atoms with E-state index in [9.17, 15) is 0 Å². The van der Waals surface area contributed by atoms with Crippen LogP contribution in [-0.4, -0.2) is 11.0 Å². The van der Waals surface area contributed by atoms with Gasteiger partial charge in [0.2, 0.25) is 0 Å². The number of nitrogens with zero attached hydrogens (tertiary/aromatic N) is 1. The second-order valence-corrected chi connectivity index (χ2v) is 5.60. The van der Waals surface area contributed by atoms with E-state index in [4.69, 9.17) is 10.5 Å². The second-order valence-electron chi connectivity index (χ2n) is 4.35. The predicted molar refractivity (Wildman–Crippen MR) is 85.0 cm³/mol. The van der Waals surface area contributed by atoms with Gasteiger partial charge in [-0.05, 0) is 53.3 Å². The molecule has 0 spiro atoms. The van der Waals surface area contributed by atoms with Crippen molar-refractivity contribution in [2.75, 3.05) is 0 Å². The van der Waals surface area contributed by atoms with Gasteiger partial charge in [-0.15, -0.1) is 0 Å². The summed E-state index contributed by atoms with van der Waals surface area (Å²) < 4.78 is 7.21. The van der Waals surface area contributed by atoms with Crippen LogP contribution in [0, 0.1) is 3.57 Å². The number of rotatable bonds is 5. The number of hydrogen-bond acceptors (Lipinski definition) is 3. The molecular weight excluding hydrogens is 351 g/mol. The van der Waals surface area contributed by atoms with Crippen molar-refractivity contribution in [3.8, 4) is 5.75 Å². The first-order chi connectivity index (χ1) is 9.20. The summed E-state index contributed by atoms with van der Waals surface area (Å²) in [5.74, 6) is 0.838. The fourth-order valence-electron chi connectivity index (χ4n) is 1.85. The Kier molecular flexibility index (Phi) is 5.15. The van der Waals surface area contributed by atoms with E-state index in [-0.39, 0.29) is 12.1 Å². The van der Waals surface area contributed by atoms with Crippen molar-refractivity contribution in [3.63, 3.8) is 0 Å². The maximum Gasteiger partial charge on any atom is 0.140 e. The number of hydrogen-bond donors (Lipinski definition) is 1. The van der Waals surface area contributed by atoms with E-state index in [1.807, 2.05) is 42.6 Å². The fourth-order valence-corrected chi connectivity index (χ4v) is 2.36. The summed E-state index contributed by atoms with van der Waals surface area (Å²) in [6, 6.07) is 11.8. The minimum Gasteiger partial charge on any atom is -0.484 e. The Morgan fingerprint density at radius 1 is 1.32 bits per heavy atom. The summed E-state index contributed by atoms with van der Waals surface area (Å²) in [5, 5.41) is 0. The van der Waals surface area contributed by atoms with Gasteiger partial charge in [0.25, 0.3) is 0 Å². The number of halogens is 1. The van der Waals surface area contributed by atoms with Crippen LogP contribution in [0.15, 0.2) is 48.8 Å². The van der Waals surface area contributed by atoms with E-state index in [2.05, 4.69) is 34.5 Å². The maximum absolute atomic E-state index is 6.18. The van der Waals surface area contributed by atoms with Gasteiger partial charge in [-0.3, -0.25) is 4.98 Å². The Morgan fingerprint density at radius 3 is 2.79 bits per heavy atom. The van der Waals surface area contributed by atoms with Crippen molar-refractivity contribution in [2.24, 2.45) is 5.73 Å². The number of ether oxygens (including phenoxy) is 1. The molecule has 4 heteroatoms. The highest BCUT2D eigenvalue weighted by atomic mass is 127. The Hall–Kier alpha value is -1.14. The first-order valence-electron chi connectivity index (χ1n) is 6.28. The van der Waals surface area contributed by atoms with Gasteiger partial charge in [0.15, 0.2) is 0 Å². The highest BCUT2D eigenvalue weighted by molar-refractivity contribution is 14.1. The molecule has 0 fully saturated rings. The van der Waals surface area contributed by atoms with Gasteiger partial charge in [0, 0.05) is 27.6 Å². The minimum absolute atomic E-state index is 0.0536. The standard InChI is InChI=1S/C15H17IN2O/c1-2-14(17)15(11-5-4-8-18-10-11)19-13-7-3-6-12(16)9-13/h3-10,14-15H,2,17H2,1H3. The van der Waals surface area contributed by atoms with Crippen molar-refractivity contribution in [1.82, 2.24) is 4.98 Å². The Morgan fingerprint density at radius 2 is 2.16 bits per heavy atom. The highest BCUT2D eigenvalue weighted by Crippen LogP contribution is 2.25. The fraction of sp³-hybridized carbons (Fsp3) is 0.267. The van der Waals surface area contributed by atoms with Gasteiger partial charge in [-0.25, -0.2) is 0 Å².